The Morgan fingerprint density at radius 2 is 2.24 bits per heavy atom. The molecule has 0 saturated carbocycles. The fourth-order valence-corrected chi connectivity index (χ4v) is 3.26. The average Bonchev–Trinajstić information content (AvgIpc) is 2.46. The molecule has 3 nitrogen and oxygen atoms in total. The molecule has 2 unspecified atom stereocenters. The van der Waals surface area contributed by atoms with Gasteiger partial charge >= 0.3 is 0 Å². The van der Waals surface area contributed by atoms with E-state index in [0.29, 0.717) is 29.4 Å². The summed E-state index contributed by atoms with van der Waals surface area (Å²) in [5, 5.41) is 10.9. The van der Waals surface area contributed by atoms with Crippen molar-refractivity contribution in [2.45, 2.75) is 38.7 Å². The van der Waals surface area contributed by atoms with E-state index in [4.69, 9.17) is 23.2 Å². The van der Waals surface area contributed by atoms with Gasteiger partial charge in [0.15, 0.2) is 0 Å². The summed E-state index contributed by atoms with van der Waals surface area (Å²) in [5.41, 5.74) is 0.943. The molecule has 1 amide bonds. The zero-order valence-electron chi connectivity index (χ0n) is 12.2. The monoisotopic (exact) mass is 329 g/mol. The van der Waals surface area contributed by atoms with Gasteiger partial charge in [-0.1, -0.05) is 29.3 Å². The first-order valence-corrected chi connectivity index (χ1v) is 8.12. The topological polar surface area (TPSA) is 40.5 Å². The predicted molar refractivity (Wildman–Crippen MR) is 85.8 cm³/mol. The third-order valence-electron chi connectivity index (χ3n) is 4.12. The van der Waals surface area contributed by atoms with E-state index in [0.717, 1.165) is 24.9 Å². The van der Waals surface area contributed by atoms with Crippen LogP contribution in [-0.2, 0) is 11.2 Å². The number of amides is 1. The van der Waals surface area contributed by atoms with Crippen LogP contribution in [0.2, 0.25) is 10.0 Å². The molecule has 1 aliphatic rings. The van der Waals surface area contributed by atoms with Crippen LogP contribution in [0.15, 0.2) is 18.2 Å². The number of halogens is 2. The highest BCUT2D eigenvalue weighted by Gasteiger charge is 2.26. The summed E-state index contributed by atoms with van der Waals surface area (Å²) in [6.07, 6.45) is 2.65. The van der Waals surface area contributed by atoms with Gasteiger partial charge in [0.25, 0.3) is 0 Å². The zero-order valence-corrected chi connectivity index (χ0v) is 13.7. The number of nitrogens with zero attached hydrogens (tertiary/aromatic N) is 1. The summed E-state index contributed by atoms with van der Waals surface area (Å²) in [4.78, 5) is 14.2. The van der Waals surface area contributed by atoms with Gasteiger partial charge in [0.1, 0.15) is 0 Å². The second-order valence-corrected chi connectivity index (χ2v) is 6.56. The first-order valence-electron chi connectivity index (χ1n) is 7.37. The smallest absolute Gasteiger partial charge is 0.222 e. The Kier molecular flexibility index (Phi) is 5.91. The molecule has 1 aromatic carbocycles. The molecule has 1 aromatic rings. The lowest BCUT2D eigenvalue weighted by Gasteiger charge is -2.34. The molecule has 0 aliphatic carbocycles. The van der Waals surface area contributed by atoms with Crippen LogP contribution in [0.1, 0.15) is 31.7 Å². The molecular weight excluding hydrogens is 309 g/mol. The van der Waals surface area contributed by atoms with Crippen LogP contribution in [0.5, 0.6) is 0 Å². The van der Waals surface area contributed by atoms with Gasteiger partial charge in [0.05, 0.1) is 6.10 Å². The second kappa shape index (κ2) is 7.48. The number of aliphatic hydroxyl groups is 1. The minimum absolute atomic E-state index is 0.131. The number of aliphatic hydroxyl groups excluding tert-OH is 1. The molecule has 5 heteroatoms. The molecule has 116 valence electrons. The van der Waals surface area contributed by atoms with Gasteiger partial charge < -0.3 is 10.0 Å². The zero-order chi connectivity index (χ0) is 15.4. The van der Waals surface area contributed by atoms with Crippen molar-refractivity contribution >= 4 is 29.1 Å². The van der Waals surface area contributed by atoms with Crippen LogP contribution >= 0.6 is 23.2 Å². The fourth-order valence-electron chi connectivity index (χ4n) is 2.75. The number of benzene rings is 1. The number of carbonyl (C=O) groups is 1. The van der Waals surface area contributed by atoms with E-state index in [-0.39, 0.29) is 17.9 Å². The number of hydrogen-bond donors (Lipinski definition) is 1. The number of aryl methyl sites for hydroxylation is 1. The summed E-state index contributed by atoms with van der Waals surface area (Å²) < 4.78 is 0. The highest BCUT2D eigenvalue weighted by molar-refractivity contribution is 6.35. The average molecular weight is 330 g/mol. The van der Waals surface area contributed by atoms with Crippen molar-refractivity contribution in [2.75, 3.05) is 13.1 Å². The van der Waals surface area contributed by atoms with Crippen molar-refractivity contribution < 1.29 is 9.90 Å². The van der Waals surface area contributed by atoms with Gasteiger partial charge in [-0.2, -0.15) is 0 Å². The van der Waals surface area contributed by atoms with Gasteiger partial charge in [-0.05, 0) is 43.9 Å². The van der Waals surface area contributed by atoms with Gasteiger partial charge in [-0.3, -0.25) is 4.79 Å². The van der Waals surface area contributed by atoms with Crippen molar-refractivity contribution in [3.8, 4) is 0 Å². The largest absolute Gasteiger partial charge is 0.393 e. The third kappa shape index (κ3) is 4.60. The molecule has 0 aromatic heterocycles. The molecule has 2 rings (SSSR count). The first kappa shape index (κ1) is 16.6. The van der Waals surface area contributed by atoms with E-state index in [9.17, 15) is 9.90 Å². The molecule has 0 bridgehead atoms. The minimum Gasteiger partial charge on any atom is -0.393 e. The van der Waals surface area contributed by atoms with Gasteiger partial charge in [-0.25, -0.2) is 0 Å². The van der Waals surface area contributed by atoms with E-state index < -0.39 is 0 Å². The number of piperidine rings is 1. The lowest BCUT2D eigenvalue weighted by molar-refractivity contribution is -0.133. The molecule has 1 fully saturated rings. The summed E-state index contributed by atoms with van der Waals surface area (Å²) in [6, 6.07) is 5.36. The number of hydrogen-bond acceptors (Lipinski definition) is 2. The molecule has 1 heterocycles. The highest BCUT2D eigenvalue weighted by atomic mass is 35.5. The Morgan fingerprint density at radius 3 is 2.90 bits per heavy atom. The standard InChI is InChI=1S/C16H21Cl2NO2/c1-11(20)13-3-2-8-19(10-13)16(21)7-5-12-4-6-14(17)9-15(12)18/h4,6,9,11,13,20H,2-3,5,7-8,10H2,1H3. The lowest BCUT2D eigenvalue weighted by atomic mass is 9.93. The SMILES string of the molecule is CC(O)C1CCCN(C(=O)CCc2ccc(Cl)cc2Cl)C1. The van der Waals surface area contributed by atoms with E-state index in [1.54, 1.807) is 19.1 Å². The molecule has 0 spiro atoms. The minimum atomic E-state index is -0.355. The van der Waals surface area contributed by atoms with Crippen molar-refractivity contribution in [3.63, 3.8) is 0 Å². The Labute approximate surface area is 135 Å². The highest BCUT2D eigenvalue weighted by Crippen LogP contribution is 2.24. The van der Waals surface area contributed by atoms with Gasteiger partial charge in [0.2, 0.25) is 5.91 Å². The van der Waals surface area contributed by atoms with Crippen LogP contribution in [0, 0.1) is 5.92 Å². The lowest BCUT2D eigenvalue weighted by Crippen LogP contribution is -2.43. The van der Waals surface area contributed by atoms with Crippen LogP contribution in [0.3, 0.4) is 0 Å². The maximum Gasteiger partial charge on any atom is 0.222 e. The summed E-state index contributed by atoms with van der Waals surface area (Å²) >= 11 is 12.0. The van der Waals surface area contributed by atoms with Crippen molar-refractivity contribution in [1.82, 2.24) is 4.90 Å². The number of likely N-dealkylation sites (tertiary alicyclic amines) is 1. The third-order valence-corrected chi connectivity index (χ3v) is 4.70. The summed E-state index contributed by atoms with van der Waals surface area (Å²) in [7, 11) is 0. The van der Waals surface area contributed by atoms with Crippen LogP contribution in [0.4, 0.5) is 0 Å². The maximum atomic E-state index is 12.3. The van der Waals surface area contributed by atoms with Gasteiger partial charge in [-0.15, -0.1) is 0 Å². The van der Waals surface area contributed by atoms with E-state index in [1.807, 2.05) is 11.0 Å². The van der Waals surface area contributed by atoms with E-state index >= 15 is 0 Å². The molecule has 1 aliphatic heterocycles. The maximum absolute atomic E-state index is 12.3. The first-order chi connectivity index (χ1) is 9.97. The molecule has 1 N–H and O–H groups in total. The number of carbonyl (C=O) groups excluding carboxylic acids is 1. The summed E-state index contributed by atoms with van der Waals surface area (Å²) in [5.74, 6) is 0.327. The van der Waals surface area contributed by atoms with Gasteiger partial charge in [0, 0.05) is 35.5 Å². The van der Waals surface area contributed by atoms with E-state index in [2.05, 4.69) is 0 Å². The van der Waals surface area contributed by atoms with Crippen molar-refractivity contribution in [2.24, 2.45) is 5.92 Å². The quantitative estimate of drug-likeness (QED) is 0.917. The van der Waals surface area contributed by atoms with Crippen LogP contribution in [-0.4, -0.2) is 35.1 Å². The number of rotatable bonds is 4. The Balaban J connectivity index is 1.89. The molecule has 0 radical (unpaired) electrons. The fraction of sp³-hybridized carbons (Fsp3) is 0.562. The predicted octanol–water partition coefficient (Wildman–Crippen LogP) is 3.55. The van der Waals surface area contributed by atoms with Crippen LogP contribution < -0.4 is 0 Å². The van der Waals surface area contributed by atoms with Crippen molar-refractivity contribution in [1.29, 1.82) is 0 Å². The second-order valence-electron chi connectivity index (χ2n) is 5.72. The normalized spacial score (nSPS) is 20.4. The van der Waals surface area contributed by atoms with Crippen LogP contribution in [0.25, 0.3) is 0 Å². The molecule has 2 atom stereocenters. The Bertz CT molecular complexity index is 505. The molecule has 1 saturated heterocycles. The van der Waals surface area contributed by atoms with Crippen molar-refractivity contribution in [3.05, 3.63) is 33.8 Å². The summed E-state index contributed by atoms with van der Waals surface area (Å²) in [6.45, 7) is 3.24. The molecule has 21 heavy (non-hydrogen) atoms. The molecular formula is C16H21Cl2NO2. The van der Waals surface area contributed by atoms with E-state index in [1.165, 1.54) is 0 Å². The Hall–Kier alpha value is -0.770. The Morgan fingerprint density at radius 1 is 1.48 bits per heavy atom.